The van der Waals surface area contributed by atoms with E-state index in [0.717, 1.165) is 4.90 Å². The van der Waals surface area contributed by atoms with Crippen LogP contribution in [0.25, 0.3) is 0 Å². The monoisotopic (exact) mass is 228 g/mol. The first-order valence-corrected chi connectivity index (χ1v) is 5.65. The third kappa shape index (κ3) is 3.27. The van der Waals surface area contributed by atoms with Crippen molar-refractivity contribution in [1.29, 1.82) is 0 Å². The standard InChI is InChI=1S/C10H16N2O2S/c1-7(10(13)14-4)8(2)15-9-5-11-12(3)6-9/h5-8H,1-4H3. The Labute approximate surface area is 94.0 Å². The smallest absolute Gasteiger partial charge is 0.309 e. The van der Waals surface area contributed by atoms with Crippen LogP contribution in [0.4, 0.5) is 0 Å². The SMILES string of the molecule is COC(=O)C(C)C(C)Sc1cnn(C)c1. The van der Waals surface area contributed by atoms with E-state index in [4.69, 9.17) is 4.74 Å². The van der Waals surface area contributed by atoms with Crippen LogP contribution in [0, 0.1) is 5.92 Å². The Kier molecular flexibility index (Phi) is 4.20. The third-order valence-electron chi connectivity index (χ3n) is 2.28. The van der Waals surface area contributed by atoms with Gasteiger partial charge in [-0.05, 0) is 0 Å². The maximum Gasteiger partial charge on any atom is 0.309 e. The van der Waals surface area contributed by atoms with Crippen molar-refractivity contribution in [2.45, 2.75) is 24.0 Å². The number of nitrogens with zero attached hydrogens (tertiary/aromatic N) is 2. The Hall–Kier alpha value is -0.970. The number of thioether (sulfide) groups is 1. The highest BCUT2D eigenvalue weighted by Gasteiger charge is 2.21. The third-order valence-corrected chi connectivity index (χ3v) is 3.54. The number of ether oxygens (including phenoxy) is 1. The molecule has 2 atom stereocenters. The number of hydrogen-bond acceptors (Lipinski definition) is 4. The van der Waals surface area contributed by atoms with Gasteiger partial charge in [0.2, 0.25) is 0 Å². The number of aromatic nitrogens is 2. The van der Waals surface area contributed by atoms with Gasteiger partial charge in [0, 0.05) is 23.4 Å². The summed E-state index contributed by atoms with van der Waals surface area (Å²) in [6.07, 6.45) is 3.73. The minimum atomic E-state index is -0.168. The molecule has 0 aliphatic rings. The topological polar surface area (TPSA) is 44.1 Å². The van der Waals surface area contributed by atoms with Gasteiger partial charge in [-0.15, -0.1) is 11.8 Å². The molecule has 15 heavy (non-hydrogen) atoms. The summed E-state index contributed by atoms with van der Waals surface area (Å²) in [6.45, 7) is 3.89. The molecule has 5 heteroatoms. The van der Waals surface area contributed by atoms with Gasteiger partial charge in [0.25, 0.3) is 0 Å². The van der Waals surface area contributed by atoms with Crippen molar-refractivity contribution >= 4 is 17.7 Å². The van der Waals surface area contributed by atoms with Gasteiger partial charge in [-0.25, -0.2) is 0 Å². The van der Waals surface area contributed by atoms with Crippen LogP contribution in [0.3, 0.4) is 0 Å². The molecule has 0 fully saturated rings. The highest BCUT2D eigenvalue weighted by atomic mass is 32.2. The molecule has 0 aliphatic heterocycles. The van der Waals surface area contributed by atoms with Crippen molar-refractivity contribution < 1.29 is 9.53 Å². The molecule has 0 bridgehead atoms. The van der Waals surface area contributed by atoms with Crippen LogP contribution in [-0.2, 0) is 16.6 Å². The van der Waals surface area contributed by atoms with E-state index in [1.165, 1.54) is 7.11 Å². The van der Waals surface area contributed by atoms with Gasteiger partial charge in [0.1, 0.15) is 0 Å². The lowest BCUT2D eigenvalue weighted by Gasteiger charge is -2.15. The number of esters is 1. The molecule has 0 N–H and O–H groups in total. The molecule has 0 aliphatic carbocycles. The molecule has 84 valence electrons. The fourth-order valence-corrected chi connectivity index (χ4v) is 2.22. The summed E-state index contributed by atoms with van der Waals surface area (Å²) in [5, 5.41) is 4.26. The number of rotatable bonds is 4. The zero-order chi connectivity index (χ0) is 11.4. The summed E-state index contributed by atoms with van der Waals surface area (Å²) >= 11 is 1.63. The fraction of sp³-hybridized carbons (Fsp3) is 0.600. The van der Waals surface area contributed by atoms with Crippen molar-refractivity contribution in [3.05, 3.63) is 12.4 Å². The van der Waals surface area contributed by atoms with E-state index in [9.17, 15) is 4.79 Å². The van der Waals surface area contributed by atoms with E-state index in [1.54, 1.807) is 22.6 Å². The van der Waals surface area contributed by atoms with E-state index in [0.29, 0.717) is 0 Å². The second-order valence-electron chi connectivity index (χ2n) is 3.48. The van der Waals surface area contributed by atoms with Crippen molar-refractivity contribution in [2.75, 3.05) is 7.11 Å². The number of aryl methyl sites for hydroxylation is 1. The lowest BCUT2D eigenvalue weighted by molar-refractivity contribution is -0.144. The van der Waals surface area contributed by atoms with Crippen LogP contribution in [0.15, 0.2) is 17.3 Å². The lowest BCUT2D eigenvalue weighted by Crippen LogP contribution is -2.21. The maximum absolute atomic E-state index is 11.3. The highest BCUT2D eigenvalue weighted by molar-refractivity contribution is 8.00. The van der Waals surface area contributed by atoms with Crippen molar-refractivity contribution in [3.63, 3.8) is 0 Å². The summed E-state index contributed by atoms with van der Waals surface area (Å²) < 4.78 is 6.45. The van der Waals surface area contributed by atoms with Gasteiger partial charge in [-0.2, -0.15) is 5.10 Å². The van der Waals surface area contributed by atoms with Crippen LogP contribution in [-0.4, -0.2) is 28.1 Å². The molecule has 0 spiro atoms. The average Bonchev–Trinajstić information content (AvgIpc) is 2.61. The molecular weight excluding hydrogens is 212 g/mol. The van der Waals surface area contributed by atoms with Crippen LogP contribution in [0.2, 0.25) is 0 Å². The summed E-state index contributed by atoms with van der Waals surface area (Å²) in [4.78, 5) is 12.4. The molecule has 0 radical (unpaired) electrons. The first-order valence-electron chi connectivity index (χ1n) is 4.77. The van der Waals surface area contributed by atoms with E-state index in [1.807, 2.05) is 27.1 Å². The summed E-state index contributed by atoms with van der Waals surface area (Å²) in [5.74, 6) is -0.279. The van der Waals surface area contributed by atoms with E-state index < -0.39 is 0 Å². The van der Waals surface area contributed by atoms with Crippen LogP contribution in [0.5, 0.6) is 0 Å². The first-order chi connectivity index (χ1) is 7.04. The van der Waals surface area contributed by atoms with Crippen molar-refractivity contribution in [3.8, 4) is 0 Å². The summed E-state index contributed by atoms with van der Waals surface area (Å²) in [7, 11) is 3.29. The molecule has 2 unspecified atom stereocenters. The molecule has 1 aromatic heterocycles. The zero-order valence-electron chi connectivity index (χ0n) is 9.43. The van der Waals surface area contributed by atoms with E-state index >= 15 is 0 Å². The van der Waals surface area contributed by atoms with Gasteiger partial charge in [0.05, 0.1) is 19.2 Å². The van der Waals surface area contributed by atoms with Crippen molar-refractivity contribution in [2.24, 2.45) is 13.0 Å². The predicted molar refractivity (Wildman–Crippen MR) is 59.7 cm³/mol. The van der Waals surface area contributed by atoms with Crippen molar-refractivity contribution in [1.82, 2.24) is 9.78 Å². The zero-order valence-corrected chi connectivity index (χ0v) is 10.2. The number of methoxy groups -OCH3 is 1. The first kappa shape index (κ1) is 12.1. The largest absolute Gasteiger partial charge is 0.469 e. The minimum Gasteiger partial charge on any atom is -0.469 e. The Bertz CT molecular complexity index is 338. The highest BCUT2D eigenvalue weighted by Crippen LogP contribution is 2.27. The van der Waals surface area contributed by atoms with Gasteiger partial charge < -0.3 is 4.74 Å². The molecule has 1 aromatic rings. The number of carbonyl (C=O) groups excluding carboxylic acids is 1. The van der Waals surface area contributed by atoms with E-state index in [2.05, 4.69) is 5.10 Å². The number of hydrogen-bond donors (Lipinski definition) is 0. The van der Waals surface area contributed by atoms with E-state index in [-0.39, 0.29) is 17.1 Å². The van der Waals surface area contributed by atoms with Crippen LogP contribution in [0.1, 0.15) is 13.8 Å². The van der Waals surface area contributed by atoms with Gasteiger partial charge in [0.15, 0.2) is 0 Å². The molecule has 0 saturated heterocycles. The summed E-state index contributed by atoms with van der Waals surface area (Å²) in [6, 6.07) is 0. The molecule has 0 amide bonds. The summed E-state index contributed by atoms with van der Waals surface area (Å²) in [5.41, 5.74) is 0. The molecule has 4 nitrogen and oxygen atoms in total. The predicted octanol–water partition coefficient (Wildman–Crippen LogP) is 1.71. The quantitative estimate of drug-likeness (QED) is 0.581. The lowest BCUT2D eigenvalue weighted by atomic mass is 10.1. The minimum absolute atomic E-state index is 0.111. The van der Waals surface area contributed by atoms with Gasteiger partial charge in [-0.3, -0.25) is 9.48 Å². The molecule has 1 heterocycles. The Morgan fingerprint density at radius 2 is 2.27 bits per heavy atom. The average molecular weight is 228 g/mol. The Balaban J connectivity index is 2.55. The molecule has 1 rings (SSSR count). The van der Waals surface area contributed by atoms with Crippen LogP contribution >= 0.6 is 11.8 Å². The molecule has 0 saturated carbocycles. The maximum atomic E-state index is 11.3. The fourth-order valence-electron chi connectivity index (χ4n) is 1.15. The molecule has 0 aromatic carbocycles. The Morgan fingerprint density at radius 3 is 2.73 bits per heavy atom. The second kappa shape index (κ2) is 5.21. The Morgan fingerprint density at radius 1 is 1.60 bits per heavy atom. The van der Waals surface area contributed by atoms with Gasteiger partial charge in [-0.1, -0.05) is 13.8 Å². The van der Waals surface area contributed by atoms with Crippen LogP contribution < -0.4 is 0 Å². The second-order valence-corrected chi connectivity index (χ2v) is 4.94. The number of carbonyl (C=O) groups is 1. The molecular formula is C10H16N2O2S. The normalized spacial score (nSPS) is 14.7. The van der Waals surface area contributed by atoms with Gasteiger partial charge >= 0.3 is 5.97 Å².